The number of nitrogens with one attached hydrogen (secondary N) is 1. The zero-order valence-corrected chi connectivity index (χ0v) is 18.5. The van der Waals surface area contributed by atoms with E-state index in [0.717, 1.165) is 34.5 Å². The number of aryl methyl sites for hydroxylation is 4. The average molecular weight is 403 g/mol. The van der Waals surface area contributed by atoms with Gasteiger partial charge in [0.05, 0.1) is 12.2 Å². The number of rotatable bonds is 6. The van der Waals surface area contributed by atoms with Crippen LogP contribution in [0.25, 0.3) is 0 Å². The van der Waals surface area contributed by atoms with Crippen LogP contribution < -0.4 is 10.3 Å². The molecule has 4 nitrogen and oxygen atoms in total. The number of aromatic amines is 1. The van der Waals surface area contributed by atoms with Crippen molar-refractivity contribution in [2.24, 2.45) is 0 Å². The second kappa shape index (κ2) is 9.12. The van der Waals surface area contributed by atoms with Gasteiger partial charge in [-0.15, -0.1) is 0 Å². The van der Waals surface area contributed by atoms with E-state index in [1.165, 1.54) is 0 Å². The van der Waals surface area contributed by atoms with Crippen molar-refractivity contribution in [3.63, 3.8) is 0 Å². The fourth-order valence-corrected chi connectivity index (χ4v) is 4.14. The van der Waals surface area contributed by atoms with Crippen LogP contribution in [0.5, 0.6) is 0 Å². The highest BCUT2D eigenvalue weighted by Crippen LogP contribution is 2.28. The average Bonchev–Trinajstić information content (AvgIpc) is 2.73. The molecular formula is C26H30N2O2. The zero-order chi connectivity index (χ0) is 21.8. The Bertz CT molecular complexity index is 1090. The molecule has 2 aromatic carbocycles. The molecule has 0 aliphatic carbocycles. The number of aromatic nitrogens is 1. The summed E-state index contributed by atoms with van der Waals surface area (Å²) in [6, 6.07) is 15.9. The van der Waals surface area contributed by atoms with Gasteiger partial charge in [0.25, 0.3) is 5.91 Å². The Hall–Kier alpha value is -3.14. The molecule has 1 heterocycles. The molecule has 0 aliphatic rings. The highest BCUT2D eigenvalue weighted by molar-refractivity contribution is 6.07. The van der Waals surface area contributed by atoms with Crippen LogP contribution in [-0.4, -0.2) is 10.9 Å². The van der Waals surface area contributed by atoms with Crippen LogP contribution in [0.3, 0.4) is 0 Å². The number of amides is 1. The lowest BCUT2D eigenvalue weighted by Crippen LogP contribution is -2.37. The number of hydrogen-bond donors (Lipinski definition) is 1. The molecule has 1 N–H and O–H groups in total. The number of para-hydroxylation sites is 1. The Morgan fingerprint density at radius 3 is 2.10 bits per heavy atom. The molecule has 4 heteroatoms. The third kappa shape index (κ3) is 4.09. The summed E-state index contributed by atoms with van der Waals surface area (Å²) in [6.07, 6.45) is 1.33. The first kappa shape index (κ1) is 21.6. The molecular weight excluding hydrogens is 372 g/mol. The molecule has 30 heavy (non-hydrogen) atoms. The molecule has 0 saturated carbocycles. The van der Waals surface area contributed by atoms with Gasteiger partial charge in [-0.2, -0.15) is 0 Å². The molecule has 0 fully saturated rings. The Labute approximate surface area is 178 Å². The van der Waals surface area contributed by atoms with Gasteiger partial charge in [-0.25, -0.2) is 0 Å². The van der Waals surface area contributed by atoms with Gasteiger partial charge in [-0.3, -0.25) is 9.59 Å². The van der Waals surface area contributed by atoms with Gasteiger partial charge in [0.1, 0.15) is 5.56 Å². The lowest BCUT2D eigenvalue weighted by Gasteiger charge is -2.27. The Morgan fingerprint density at radius 2 is 1.53 bits per heavy atom. The second-order valence-corrected chi connectivity index (χ2v) is 7.74. The molecule has 0 radical (unpaired) electrons. The lowest BCUT2D eigenvalue weighted by molar-refractivity contribution is 0.0982. The van der Waals surface area contributed by atoms with Crippen LogP contribution in [0.15, 0.2) is 53.3 Å². The van der Waals surface area contributed by atoms with Crippen molar-refractivity contribution in [1.82, 2.24) is 4.98 Å². The van der Waals surface area contributed by atoms with Crippen molar-refractivity contribution in [2.75, 3.05) is 4.90 Å². The lowest BCUT2D eigenvalue weighted by atomic mass is 10.0. The molecule has 156 valence electrons. The van der Waals surface area contributed by atoms with E-state index < -0.39 is 0 Å². The molecule has 0 saturated heterocycles. The Balaban J connectivity index is 2.20. The van der Waals surface area contributed by atoms with E-state index in [1.807, 2.05) is 83.1 Å². The van der Waals surface area contributed by atoms with Crippen molar-refractivity contribution >= 4 is 11.6 Å². The minimum Gasteiger partial charge on any atom is -0.361 e. The maximum Gasteiger partial charge on any atom is 0.264 e. The normalized spacial score (nSPS) is 10.8. The number of nitrogens with zero attached hydrogens (tertiary/aromatic N) is 1. The number of hydrogen-bond acceptors (Lipinski definition) is 2. The van der Waals surface area contributed by atoms with Gasteiger partial charge in [0.15, 0.2) is 5.43 Å². The first-order valence-electron chi connectivity index (χ1n) is 10.6. The highest BCUT2D eigenvalue weighted by atomic mass is 16.2. The standard InChI is InChI=1S/C26H30N2O2/c1-6-21-22(7-2)27-19(5)23(25(21)29)26(30)28(16-20-14-9-8-10-15-20)24-17(3)12-11-13-18(24)4/h8-15H,6-7,16H2,1-5H3,(H,27,29). The van der Waals surface area contributed by atoms with Gasteiger partial charge in [-0.1, -0.05) is 62.4 Å². The van der Waals surface area contributed by atoms with Gasteiger partial charge in [0.2, 0.25) is 0 Å². The molecule has 3 rings (SSSR count). The number of carbonyl (C=O) groups excluding carboxylic acids is 1. The zero-order valence-electron chi connectivity index (χ0n) is 18.5. The number of carbonyl (C=O) groups is 1. The van der Waals surface area contributed by atoms with Crippen LogP contribution in [0.1, 0.15) is 57.8 Å². The smallest absolute Gasteiger partial charge is 0.264 e. The topological polar surface area (TPSA) is 53.2 Å². The summed E-state index contributed by atoms with van der Waals surface area (Å²) in [6.45, 7) is 10.2. The van der Waals surface area contributed by atoms with Gasteiger partial charge in [-0.05, 0) is 50.3 Å². The Kier molecular flexibility index (Phi) is 6.56. The van der Waals surface area contributed by atoms with Crippen molar-refractivity contribution in [2.45, 2.75) is 54.0 Å². The predicted octanol–water partition coefficient (Wildman–Crippen LogP) is 5.27. The molecule has 0 aliphatic heterocycles. The summed E-state index contributed by atoms with van der Waals surface area (Å²) < 4.78 is 0. The minimum atomic E-state index is -0.257. The monoisotopic (exact) mass is 402 g/mol. The third-order valence-electron chi connectivity index (χ3n) is 5.64. The highest BCUT2D eigenvalue weighted by Gasteiger charge is 2.27. The first-order chi connectivity index (χ1) is 14.4. The predicted molar refractivity (Wildman–Crippen MR) is 123 cm³/mol. The molecule has 0 unspecified atom stereocenters. The number of benzene rings is 2. The molecule has 3 aromatic rings. The number of H-pyrrole nitrogens is 1. The van der Waals surface area contributed by atoms with Crippen molar-refractivity contribution in [1.29, 1.82) is 0 Å². The summed E-state index contributed by atoms with van der Waals surface area (Å²) >= 11 is 0. The van der Waals surface area contributed by atoms with E-state index in [1.54, 1.807) is 4.90 Å². The quantitative estimate of drug-likeness (QED) is 0.610. The summed E-state index contributed by atoms with van der Waals surface area (Å²) in [4.78, 5) is 32.3. The molecule has 0 spiro atoms. The second-order valence-electron chi connectivity index (χ2n) is 7.74. The molecule has 1 aromatic heterocycles. The molecule has 0 bridgehead atoms. The van der Waals surface area contributed by atoms with Gasteiger partial charge in [0, 0.05) is 17.0 Å². The summed E-state index contributed by atoms with van der Waals surface area (Å²) in [5.74, 6) is -0.257. The Morgan fingerprint density at radius 1 is 0.900 bits per heavy atom. The fourth-order valence-electron chi connectivity index (χ4n) is 4.14. The molecule has 1 amide bonds. The van der Waals surface area contributed by atoms with Crippen molar-refractivity contribution in [3.05, 3.63) is 98.0 Å². The summed E-state index contributed by atoms with van der Waals surface area (Å²) in [5.41, 5.74) is 6.23. The maximum atomic E-state index is 13.9. The van der Waals surface area contributed by atoms with E-state index in [4.69, 9.17) is 0 Å². The largest absolute Gasteiger partial charge is 0.361 e. The van der Waals surface area contributed by atoms with Crippen LogP contribution in [0, 0.1) is 20.8 Å². The van der Waals surface area contributed by atoms with E-state index in [-0.39, 0.29) is 16.9 Å². The SMILES string of the molecule is CCc1[nH]c(C)c(C(=O)N(Cc2ccccc2)c2c(C)cccc2C)c(=O)c1CC. The maximum absolute atomic E-state index is 13.9. The number of anilines is 1. The van der Waals surface area contributed by atoms with E-state index in [0.29, 0.717) is 24.2 Å². The van der Waals surface area contributed by atoms with Crippen molar-refractivity contribution < 1.29 is 4.79 Å². The van der Waals surface area contributed by atoms with Crippen LogP contribution in [0.2, 0.25) is 0 Å². The fraction of sp³-hybridized carbons (Fsp3) is 0.308. The summed E-state index contributed by atoms with van der Waals surface area (Å²) in [5, 5.41) is 0. The van der Waals surface area contributed by atoms with Crippen molar-refractivity contribution in [3.8, 4) is 0 Å². The van der Waals surface area contributed by atoms with Crippen LogP contribution in [-0.2, 0) is 19.4 Å². The molecule has 0 atom stereocenters. The van der Waals surface area contributed by atoms with Gasteiger partial charge < -0.3 is 9.88 Å². The van der Waals surface area contributed by atoms with E-state index in [2.05, 4.69) is 4.98 Å². The van der Waals surface area contributed by atoms with Crippen LogP contribution in [0.4, 0.5) is 5.69 Å². The van der Waals surface area contributed by atoms with Gasteiger partial charge >= 0.3 is 0 Å². The number of pyridine rings is 1. The summed E-state index contributed by atoms with van der Waals surface area (Å²) in [7, 11) is 0. The third-order valence-corrected chi connectivity index (χ3v) is 5.64. The van der Waals surface area contributed by atoms with E-state index in [9.17, 15) is 9.59 Å². The minimum absolute atomic E-state index is 0.153. The first-order valence-corrected chi connectivity index (χ1v) is 10.6. The van der Waals surface area contributed by atoms with E-state index >= 15 is 0 Å². The van der Waals surface area contributed by atoms with Crippen LogP contribution >= 0.6 is 0 Å².